The lowest BCUT2D eigenvalue weighted by Crippen LogP contribution is -2.33. The molecule has 0 aliphatic carbocycles. The molecule has 1 rings (SSSR count). The van der Waals surface area contributed by atoms with Gasteiger partial charge in [-0.1, -0.05) is 12.1 Å². The summed E-state index contributed by atoms with van der Waals surface area (Å²) in [4.78, 5) is 2.16. The van der Waals surface area contributed by atoms with Crippen molar-refractivity contribution in [1.29, 1.82) is 0 Å². The van der Waals surface area contributed by atoms with Crippen molar-refractivity contribution < 1.29 is 5.11 Å². The van der Waals surface area contributed by atoms with E-state index in [0.29, 0.717) is 12.3 Å². The van der Waals surface area contributed by atoms with Crippen LogP contribution >= 0.6 is 12.6 Å². The van der Waals surface area contributed by atoms with Gasteiger partial charge in [0.2, 0.25) is 0 Å². The lowest BCUT2D eigenvalue weighted by Gasteiger charge is -2.25. The molecule has 1 N–H and O–H groups in total. The molecule has 0 fully saturated rings. The highest BCUT2D eigenvalue weighted by atomic mass is 32.1. The summed E-state index contributed by atoms with van der Waals surface area (Å²) in [6.07, 6.45) is -0.367. The maximum Gasteiger partial charge on any atom is 0.0802 e. The normalized spacial score (nSPS) is 12.5. The summed E-state index contributed by atoms with van der Waals surface area (Å²) in [6, 6.07) is 8.32. The van der Waals surface area contributed by atoms with Crippen LogP contribution in [0.5, 0.6) is 0 Å². The van der Waals surface area contributed by atoms with Crippen LogP contribution in [-0.2, 0) is 0 Å². The molecule has 0 saturated heterocycles. The maximum atomic E-state index is 9.57. The van der Waals surface area contributed by atoms with Crippen LogP contribution in [0, 0.1) is 6.92 Å². The summed E-state index contributed by atoms with van der Waals surface area (Å²) in [5.74, 6) is 0.502. The molecule has 0 aliphatic rings. The Morgan fingerprint density at radius 3 is 2.73 bits per heavy atom. The molecule has 84 valence electrons. The minimum atomic E-state index is -0.367. The number of aryl methyl sites for hydroxylation is 1. The molecule has 0 saturated carbocycles. The van der Waals surface area contributed by atoms with E-state index >= 15 is 0 Å². The summed E-state index contributed by atoms with van der Waals surface area (Å²) < 4.78 is 0. The number of thiol groups is 1. The summed E-state index contributed by atoms with van der Waals surface area (Å²) in [7, 11) is 0. The minimum absolute atomic E-state index is 0.367. The van der Waals surface area contributed by atoms with E-state index in [0.717, 1.165) is 6.54 Å². The first-order valence-electron chi connectivity index (χ1n) is 5.28. The molecule has 1 atom stereocenters. The first kappa shape index (κ1) is 12.4. The average molecular weight is 225 g/mol. The van der Waals surface area contributed by atoms with Crippen molar-refractivity contribution in [3.63, 3.8) is 0 Å². The SMILES string of the molecule is CCN(CC(O)CS)c1cccc(C)c1. The molecule has 0 heterocycles. The van der Waals surface area contributed by atoms with Crippen molar-refractivity contribution in [3.8, 4) is 0 Å². The second-order valence-electron chi connectivity index (χ2n) is 3.71. The molecular formula is C12H19NOS. The third-order valence-electron chi connectivity index (χ3n) is 2.39. The zero-order valence-corrected chi connectivity index (χ0v) is 10.2. The van der Waals surface area contributed by atoms with E-state index in [-0.39, 0.29) is 6.10 Å². The first-order chi connectivity index (χ1) is 7.17. The van der Waals surface area contributed by atoms with E-state index in [2.05, 4.69) is 49.6 Å². The van der Waals surface area contributed by atoms with Crippen molar-refractivity contribution in [1.82, 2.24) is 0 Å². The Hall–Kier alpha value is -0.670. The molecule has 1 unspecified atom stereocenters. The maximum absolute atomic E-state index is 9.57. The molecule has 1 aromatic carbocycles. The van der Waals surface area contributed by atoms with Gasteiger partial charge in [0.25, 0.3) is 0 Å². The topological polar surface area (TPSA) is 23.5 Å². The van der Waals surface area contributed by atoms with E-state index in [1.54, 1.807) is 0 Å². The quantitative estimate of drug-likeness (QED) is 0.750. The summed E-state index contributed by atoms with van der Waals surface area (Å²) in [5, 5.41) is 9.57. The van der Waals surface area contributed by atoms with Crippen LogP contribution < -0.4 is 4.90 Å². The second kappa shape index (κ2) is 6.03. The fourth-order valence-corrected chi connectivity index (χ4v) is 1.67. The lowest BCUT2D eigenvalue weighted by atomic mass is 10.2. The van der Waals surface area contributed by atoms with Gasteiger partial charge in [0.1, 0.15) is 0 Å². The van der Waals surface area contributed by atoms with Crippen molar-refractivity contribution in [2.45, 2.75) is 20.0 Å². The number of aliphatic hydroxyl groups excluding tert-OH is 1. The number of rotatable bonds is 5. The van der Waals surface area contributed by atoms with E-state index in [9.17, 15) is 5.11 Å². The molecule has 0 spiro atoms. The Bertz CT molecular complexity index is 303. The van der Waals surface area contributed by atoms with Crippen LogP contribution in [0.1, 0.15) is 12.5 Å². The Balaban J connectivity index is 2.73. The molecule has 0 aliphatic heterocycles. The van der Waals surface area contributed by atoms with E-state index in [1.807, 2.05) is 6.07 Å². The molecule has 15 heavy (non-hydrogen) atoms. The third-order valence-corrected chi connectivity index (χ3v) is 2.81. The summed E-state index contributed by atoms with van der Waals surface area (Å²) in [6.45, 7) is 5.71. The van der Waals surface area contributed by atoms with Crippen LogP contribution in [0.4, 0.5) is 5.69 Å². The first-order valence-corrected chi connectivity index (χ1v) is 5.91. The lowest BCUT2D eigenvalue weighted by molar-refractivity contribution is 0.205. The third kappa shape index (κ3) is 3.76. The molecule has 1 aromatic rings. The molecule has 0 amide bonds. The number of hydrogen-bond acceptors (Lipinski definition) is 3. The Kier molecular flexibility index (Phi) is 4.99. The Labute approximate surface area is 97.3 Å². The van der Waals surface area contributed by atoms with Crippen molar-refractivity contribution in [2.75, 3.05) is 23.7 Å². The molecule has 0 radical (unpaired) electrons. The highest BCUT2D eigenvalue weighted by molar-refractivity contribution is 7.80. The van der Waals surface area contributed by atoms with Gasteiger partial charge in [-0.2, -0.15) is 12.6 Å². The summed E-state index contributed by atoms with van der Waals surface area (Å²) >= 11 is 4.09. The largest absolute Gasteiger partial charge is 0.390 e. The van der Waals surface area contributed by atoms with Crippen LogP contribution in [-0.4, -0.2) is 30.1 Å². The van der Waals surface area contributed by atoms with Gasteiger partial charge in [-0.15, -0.1) is 0 Å². The van der Waals surface area contributed by atoms with Gasteiger partial charge in [-0.25, -0.2) is 0 Å². The van der Waals surface area contributed by atoms with Gasteiger partial charge in [-0.05, 0) is 31.5 Å². The predicted molar refractivity (Wildman–Crippen MR) is 68.9 cm³/mol. The van der Waals surface area contributed by atoms with Crippen molar-refractivity contribution in [2.24, 2.45) is 0 Å². The van der Waals surface area contributed by atoms with Crippen LogP contribution in [0.3, 0.4) is 0 Å². The zero-order chi connectivity index (χ0) is 11.3. The smallest absolute Gasteiger partial charge is 0.0802 e. The average Bonchev–Trinajstić information content (AvgIpc) is 2.25. The number of hydrogen-bond donors (Lipinski definition) is 2. The number of benzene rings is 1. The van der Waals surface area contributed by atoms with Crippen LogP contribution in [0.2, 0.25) is 0 Å². The highest BCUT2D eigenvalue weighted by Gasteiger charge is 2.09. The Morgan fingerprint density at radius 1 is 1.47 bits per heavy atom. The molecule has 2 nitrogen and oxygen atoms in total. The monoisotopic (exact) mass is 225 g/mol. The number of likely N-dealkylation sites (N-methyl/N-ethyl adjacent to an activating group) is 1. The molecular weight excluding hydrogens is 206 g/mol. The fourth-order valence-electron chi connectivity index (χ4n) is 1.55. The van der Waals surface area contributed by atoms with Crippen LogP contribution in [0.15, 0.2) is 24.3 Å². The number of nitrogens with zero attached hydrogens (tertiary/aromatic N) is 1. The van der Waals surface area contributed by atoms with E-state index in [4.69, 9.17) is 0 Å². The van der Waals surface area contributed by atoms with E-state index < -0.39 is 0 Å². The zero-order valence-electron chi connectivity index (χ0n) is 9.35. The number of aliphatic hydroxyl groups is 1. The predicted octanol–water partition coefficient (Wildman–Crippen LogP) is 2.11. The second-order valence-corrected chi connectivity index (χ2v) is 4.08. The number of anilines is 1. The Morgan fingerprint density at radius 2 is 2.20 bits per heavy atom. The van der Waals surface area contributed by atoms with Gasteiger partial charge >= 0.3 is 0 Å². The minimum Gasteiger partial charge on any atom is -0.390 e. The summed E-state index contributed by atoms with van der Waals surface area (Å²) in [5.41, 5.74) is 2.41. The molecule has 0 aromatic heterocycles. The standard InChI is InChI=1S/C12H19NOS/c1-3-13(8-12(14)9-15)11-6-4-5-10(2)7-11/h4-7,12,14-15H,3,8-9H2,1-2H3. The van der Waals surface area contributed by atoms with Gasteiger partial charge in [0.15, 0.2) is 0 Å². The van der Waals surface area contributed by atoms with Gasteiger partial charge < -0.3 is 10.0 Å². The van der Waals surface area contributed by atoms with Gasteiger partial charge in [0, 0.05) is 24.5 Å². The fraction of sp³-hybridized carbons (Fsp3) is 0.500. The van der Waals surface area contributed by atoms with E-state index in [1.165, 1.54) is 11.3 Å². The molecule has 0 bridgehead atoms. The van der Waals surface area contributed by atoms with Gasteiger partial charge in [-0.3, -0.25) is 0 Å². The van der Waals surface area contributed by atoms with Gasteiger partial charge in [0.05, 0.1) is 6.10 Å². The van der Waals surface area contributed by atoms with Crippen molar-refractivity contribution in [3.05, 3.63) is 29.8 Å². The van der Waals surface area contributed by atoms with Crippen LogP contribution in [0.25, 0.3) is 0 Å². The highest BCUT2D eigenvalue weighted by Crippen LogP contribution is 2.15. The van der Waals surface area contributed by atoms with Crippen molar-refractivity contribution >= 4 is 18.3 Å². The molecule has 3 heteroatoms.